The molecule has 14 heteroatoms. The molecule has 0 bridgehead atoms. The van der Waals surface area contributed by atoms with E-state index in [0.717, 1.165) is 12.3 Å². The van der Waals surface area contributed by atoms with Crippen LogP contribution in [-0.2, 0) is 16.2 Å². The number of hydrogen-bond donors (Lipinski definition) is 1. The van der Waals surface area contributed by atoms with Gasteiger partial charge in [-0.2, -0.15) is 18.4 Å². The quantitative estimate of drug-likeness (QED) is 0.525. The Morgan fingerprint density at radius 3 is 2.54 bits per heavy atom. The first-order valence-corrected chi connectivity index (χ1v) is 12.2. The molecule has 1 fully saturated rings. The Balaban J connectivity index is 1.65. The van der Waals surface area contributed by atoms with Gasteiger partial charge >= 0.3 is 6.18 Å². The Kier molecular flexibility index (Phi) is 6.48. The highest BCUT2D eigenvalue weighted by molar-refractivity contribution is 7.88. The molecule has 35 heavy (non-hydrogen) atoms. The topological polar surface area (TPSA) is 117 Å². The highest BCUT2D eigenvalue weighted by Gasteiger charge is 2.36. The van der Waals surface area contributed by atoms with Crippen molar-refractivity contribution in [3.8, 4) is 23.1 Å². The molecule has 0 saturated carbocycles. The van der Waals surface area contributed by atoms with E-state index in [2.05, 4.69) is 20.3 Å². The van der Waals surface area contributed by atoms with Gasteiger partial charge in [-0.05, 0) is 25.0 Å². The lowest BCUT2D eigenvalue weighted by atomic mass is 10.1. The van der Waals surface area contributed by atoms with Crippen LogP contribution in [0.1, 0.15) is 24.0 Å². The molecular formula is C21H19F4N7O2S. The summed E-state index contributed by atoms with van der Waals surface area (Å²) in [5, 5.41) is 12.2. The maximum Gasteiger partial charge on any atom is 0.420 e. The predicted molar refractivity (Wildman–Crippen MR) is 117 cm³/mol. The normalized spacial score (nSPS) is 15.7. The summed E-state index contributed by atoms with van der Waals surface area (Å²) in [4.78, 5) is 11.9. The van der Waals surface area contributed by atoms with Gasteiger partial charge in [-0.3, -0.25) is 0 Å². The number of anilines is 1. The van der Waals surface area contributed by atoms with Crippen LogP contribution in [0.25, 0.3) is 17.1 Å². The lowest BCUT2D eigenvalue weighted by Crippen LogP contribution is -2.42. The van der Waals surface area contributed by atoms with Crippen LogP contribution >= 0.6 is 0 Å². The Labute approximate surface area is 198 Å². The van der Waals surface area contributed by atoms with E-state index in [0.29, 0.717) is 19.0 Å². The number of halogens is 4. The molecule has 184 valence electrons. The molecule has 2 aromatic heterocycles. The molecule has 1 saturated heterocycles. The lowest BCUT2D eigenvalue weighted by molar-refractivity contribution is -0.137. The molecule has 0 amide bonds. The minimum absolute atomic E-state index is 0.0659. The fraction of sp³-hybridized carbons (Fsp3) is 0.333. The third kappa shape index (κ3) is 5.25. The van der Waals surface area contributed by atoms with Crippen LogP contribution in [0.15, 0.2) is 36.9 Å². The van der Waals surface area contributed by atoms with E-state index in [1.165, 1.54) is 33.5 Å². The summed E-state index contributed by atoms with van der Waals surface area (Å²) in [5.74, 6) is -0.838. The largest absolute Gasteiger partial charge is 0.420 e. The molecule has 4 rings (SSSR count). The molecule has 0 unspecified atom stereocenters. The SMILES string of the molecule is CS(=O)(=O)N1CCC(Nc2ncc(C(F)(F)F)c(-c3cn(-c4cccc(F)c4C#N)cn3)n2)CC1. The first-order valence-electron chi connectivity index (χ1n) is 10.4. The van der Waals surface area contributed by atoms with E-state index in [1.54, 1.807) is 6.07 Å². The van der Waals surface area contributed by atoms with Crippen molar-refractivity contribution in [3.05, 3.63) is 53.9 Å². The molecule has 3 heterocycles. The number of benzene rings is 1. The number of hydrogen-bond acceptors (Lipinski definition) is 7. The molecule has 0 spiro atoms. The van der Waals surface area contributed by atoms with Crippen molar-refractivity contribution in [2.24, 2.45) is 0 Å². The molecule has 9 nitrogen and oxygen atoms in total. The first kappa shape index (κ1) is 24.6. The maximum absolute atomic E-state index is 14.0. The summed E-state index contributed by atoms with van der Waals surface area (Å²) >= 11 is 0. The van der Waals surface area contributed by atoms with E-state index in [4.69, 9.17) is 0 Å². The van der Waals surface area contributed by atoms with Crippen LogP contribution in [0, 0.1) is 17.1 Å². The zero-order valence-electron chi connectivity index (χ0n) is 18.3. The lowest BCUT2D eigenvalue weighted by Gasteiger charge is -2.30. The molecule has 1 aliphatic rings. The molecule has 0 radical (unpaired) electrons. The minimum atomic E-state index is -4.77. The number of sulfonamides is 1. The number of rotatable bonds is 5. The summed E-state index contributed by atoms with van der Waals surface area (Å²) in [7, 11) is -3.32. The van der Waals surface area contributed by atoms with Gasteiger partial charge in [0.25, 0.3) is 0 Å². The van der Waals surface area contributed by atoms with Crippen molar-refractivity contribution in [2.45, 2.75) is 25.1 Å². The first-order chi connectivity index (χ1) is 16.5. The minimum Gasteiger partial charge on any atom is -0.351 e. The van der Waals surface area contributed by atoms with Crippen LogP contribution in [0.4, 0.5) is 23.5 Å². The van der Waals surface area contributed by atoms with Crippen molar-refractivity contribution in [1.82, 2.24) is 23.8 Å². The van der Waals surface area contributed by atoms with Gasteiger partial charge in [0.15, 0.2) is 0 Å². The Hall–Kier alpha value is -3.57. The summed E-state index contributed by atoms with van der Waals surface area (Å²) in [6.07, 6.45) is 0.251. The van der Waals surface area contributed by atoms with Gasteiger partial charge in [-0.25, -0.2) is 32.1 Å². The van der Waals surface area contributed by atoms with Crippen LogP contribution in [0.2, 0.25) is 0 Å². The van der Waals surface area contributed by atoms with Crippen molar-refractivity contribution < 1.29 is 26.0 Å². The fourth-order valence-electron chi connectivity index (χ4n) is 3.78. The van der Waals surface area contributed by atoms with Crippen molar-refractivity contribution in [2.75, 3.05) is 24.7 Å². The van der Waals surface area contributed by atoms with E-state index >= 15 is 0 Å². The number of piperidine rings is 1. The second-order valence-electron chi connectivity index (χ2n) is 7.95. The Morgan fingerprint density at radius 1 is 1.20 bits per heavy atom. The monoisotopic (exact) mass is 509 g/mol. The van der Waals surface area contributed by atoms with Crippen LogP contribution in [-0.4, -0.2) is 57.6 Å². The predicted octanol–water partition coefficient (Wildman–Crippen LogP) is 3.19. The van der Waals surface area contributed by atoms with E-state index in [-0.39, 0.29) is 42.0 Å². The van der Waals surface area contributed by atoms with Crippen molar-refractivity contribution >= 4 is 16.0 Å². The maximum atomic E-state index is 14.0. The van der Waals surface area contributed by atoms with Gasteiger partial charge in [-0.15, -0.1) is 0 Å². The standard InChI is InChI=1S/C21H19F4N7O2S/c1-35(33,34)32-7-5-13(6-8-32)29-20-27-10-15(21(23,24)25)19(30-20)17-11-31(12-28-17)18-4-2-3-16(22)14(18)9-26/h2-4,10-13H,5-8H2,1H3,(H,27,29,30). The fourth-order valence-corrected chi connectivity index (χ4v) is 4.66. The zero-order valence-corrected chi connectivity index (χ0v) is 19.1. The summed E-state index contributed by atoms with van der Waals surface area (Å²) in [5.41, 5.74) is -1.91. The summed E-state index contributed by atoms with van der Waals surface area (Å²) < 4.78 is 81.0. The molecule has 0 aliphatic carbocycles. The summed E-state index contributed by atoms with van der Waals surface area (Å²) in [6.45, 7) is 0.534. The third-order valence-corrected chi connectivity index (χ3v) is 6.86. The van der Waals surface area contributed by atoms with Crippen molar-refractivity contribution in [3.63, 3.8) is 0 Å². The Bertz CT molecular complexity index is 1390. The average molecular weight is 509 g/mol. The summed E-state index contributed by atoms with van der Waals surface area (Å²) in [6, 6.07) is 5.41. The highest BCUT2D eigenvalue weighted by Crippen LogP contribution is 2.36. The number of nitrogens with one attached hydrogen (secondary N) is 1. The van der Waals surface area contributed by atoms with Gasteiger partial charge < -0.3 is 9.88 Å². The third-order valence-electron chi connectivity index (χ3n) is 5.56. The van der Waals surface area contributed by atoms with E-state index < -0.39 is 33.3 Å². The van der Waals surface area contributed by atoms with E-state index in [1.807, 2.05) is 0 Å². The number of nitrogens with zero attached hydrogens (tertiary/aromatic N) is 6. The van der Waals surface area contributed by atoms with Gasteiger partial charge in [0.05, 0.1) is 11.9 Å². The second kappa shape index (κ2) is 9.23. The van der Waals surface area contributed by atoms with Gasteiger partial charge in [0.2, 0.25) is 16.0 Å². The number of imidazole rings is 1. The molecule has 1 aromatic carbocycles. The molecular weight excluding hydrogens is 490 g/mol. The average Bonchev–Trinajstić information content (AvgIpc) is 3.28. The highest BCUT2D eigenvalue weighted by atomic mass is 32.2. The molecule has 3 aromatic rings. The number of aromatic nitrogens is 4. The smallest absolute Gasteiger partial charge is 0.351 e. The van der Waals surface area contributed by atoms with Crippen LogP contribution < -0.4 is 5.32 Å². The van der Waals surface area contributed by atoms with Gasteiger partial charge in [0, 0.05) is 31.5 Å². The van der Waals surface area contributed by atoms with Crippen LogP contribution in [0.3, 0.4) is 0 Å². The van der Waals surface area contributed by atoms with Gasteiger partial charge in [0.1, 0.15) is 40.7 Å². The molecule has 0 atom stereocenters. The van der Waals surface area contributed by atoms with Crippen molar-refractivity contribution in [1.29, 1.82) is 5.26 Å². The van der Waals surface area contributed by atoms with E-state index in [9.17, 15) is 31.2 Å². The van der Waals surface area contributed by atoms with Crippen LogP contribution in [0.5, 0.6) is 0 Å². The number of alkyl halides is 3. The molecule has 1 N–H and O–H groups in total. The second-order valence-corrected chi connectivity index (χ2v) is 9.93. The zero-order chi connectivity index (χ0) is 25.4. The number of nitriles is 1. The molecule has 1 aliphatic heterocycles. The van der Waals surface area contributed by atoms with Gasteiger partial charge in [-0.1, -0.05) is 6.07 Å². The Morgan fingerprint density at radius 2 is 1.91 bits per heavy atom.